The van der Waals surface area contributed by atoms with Gasteiger partial charge in [-0.15, -0.1) is 0 Å². The van der Waals surface area contributed by atoms with Crippen LogP contribution in [0.5, 0.6) is 0 Å². The van der Waals surface area contributed by atoms with Crippen molar-refractivity contribution < 1.29 is 4.42 Å². The van der Waals surface area contributed by atoms with Gasteiger partial charge in [0.05, 0.1) is 10.5 Å². The van der Waals surface area contributed by atoms with Gasteiger partial charge in [0.15, 0.2) is 0 Å². The summed E-state index contributed by atoms with van der Waals surface area (Å²) in [4.78, 5) is 0. The summed E-state index contributed by atoms with van der Waals surface area (Å²) in [6, 6.07) is 10.5. The first-order valence-corrected chi connectivity index (χ1v) is 8.46. The van der Waals surface area contributed by atoms with E-state index in [1.54, 1.807) is 11.3 Å². The van der Waals surface area contributed by atoms with Crippen molar-refractivity contribution in [2.24, 2.45) is 0 Å². The molecule has 20 heavy (non-hydrogen) atoms. The smallest absolute Gasteiger partial charge is 0.148 e. The average molecular weight is 350 g/mol. The van der Waals surface area contributed by atoms with Gasteiger partial charge in [0.25, 0.3) is 0 Å². The number of hydrogen-bond acceptors (Lipinski definition) is 3. The van der Waals surface area contributed by atoms with Crippen LogP contribution in [0.1, 0.15) is 30.7 Å². The first-order chi connectivity index (χ1) is 9.79. The predicted molar refractivity (Wildman–Crippen MR) is 88.4 cm³/mol. The standard InChI is InChI=1S/C16H16BrNOS/c1-2-7-18-15(12-6-8-20-10-12)14-9-11-4-3-5-13(17)16(11)19-14/h3-6,8-10,15,18H,2,7H2,1H3. The molecule has 0 saturated heterocycles. The largest absolute Gasteiger partial charge is 0.458 e. The molecule has 0 amide bonds. The highest BCUT2D eigenvalue weighted by Crippen LogP contribution is 2.32. The van der Waals surface area contributed by atoms with Crippen LogP contribution in [0, 0.1) is 0 Å². The van der Waals surface area contributed by atoms with Crippen molar-refractivity contribution in [1.82, 2.24) is 5.32 Å². The molecule has 0 bridgehead atoms. The molecule has 0 radical (unpaired) electrons. The molecule has 3 rings (SSSR count). The van der Waals surface area contributed by atoms with Gasteiger partial charge in [-0.1, -0.05) is 19.1 Å². The molecular formula is C16H16BrNOS. The van der Waals surface area contributed by atoms with Gasteiger partial charge in [0.2, 0.25) is 0 Å². The molecule has 1 unspecified atom stereocenters. The Morgan fingerprint density at radius 2 is 2.25 bits per heavy atom. The highest BCUT2D eigenvalue weighted by atomic mass is 79.9. The minimum absolute atomic E-state index is 0.125. The Balaban J connectivity index is 2.02. The summed E-state index contributed by atoms with van der Waals surface area (Å²) in [5, 5.41) is 8.98. The fourth-order valence-corrected chi connectivity index (χ4v) is 3.45. The van der Waals surface area contributed by atoms with Crippen molar-refractivity contribution >= 4 is 38.2 Å². The lowest BCUT2D eigenvalue weighted by atomic mass is 10.1. The second-order valence-electron chi connectivity index (χ2n) is 4.75. The number of nitrogens with one attached hydrogen (secondary N) is 1. The zero-order valence-electron chi connectivity index (χ0n) is 11.2. The maximum atomic E-state index is 6.08. The van der Waals surface area contributed by atoms with E-state index in [0.717, 1.165) is 34.2 Å². The van der Waals surface area contributed by atoms with E-state index >= 15 is 0 Å². The Hall–Kier alpha value is -1.10. The molecule has 3 aromatic rings. The van der Waals surface area contributed by atoms with Gasteiger partial charge in [0.1, 0.15) is 11.3 Å². The summed E-state index contributed by atoms with van der Waals surface area (Å²) in [7, 11) is 0. The van der Waals surface area contributed by atoms with E-state index in [0.29, 0.717) is 0 Å². The number of fused-ring (bicyclic) bond motifs is 1. The number of para-hydroxylation sites is 1. The summed E-state index contributed by atoms with van der Waals surface area (Å²) in [5.41, 5.74) is 2.18. The molecule has 0 aliphatic rings. The molecule has 1 aromatic carbocycles. The van der Waals surface area contributed by atoms with Gasteiger partial charge in [-0.05, 0) is 63.4 Å². The Morgan fingerprint density at radius 3 is 2.95 bits per heavy atom. The quantitative estimate of drug-likeness (QED) is 0.671. The van der Waals surface area contributed by atoms with Crippen molar-refractivity contribution in [2.45, 2.75) is 19.4 Å². The van der Waals surface area contributed by atoms with Crippen molar-refractivity contribution in [1.29, 1.82) is 0 Å². The van der Waals surface area contributed by atoms with Crippen molar-refractivity contribution in [3.8, 4) is 0 Å². The van der Waals surface area contributed by atoms with Gasteiger partial charge >= 0.3 is 0 Å². The van der Waals surface area contributed by atoms with Gasteiger partial charge in [-0.25, -0.2) is 0 Å². The van der Waals surface area contributed by atoms with Gasteiger partial charge in [-0.3, -0.25) is 0 Å². The fraction of sp³-hybridized carbons (Fsp3) is 0.250. The van der Waals surface area contributed by atoms with Crippen LogP contribution in [0.25, 0.3) is 11.0 Å². The molecule has 2 heterocycles. The molecule has 0 spiro atoms. The third-order valence-electron chi connectivity index (χ3n) is 3.27. The van der Waals surface area contributed by atoms with E-state index in [9.17, 15) is 0 Å². The third-order valence-corrected chi connectivity index (χ3v) is 4.60. The molecule has 0 fully saturated rings. The van der Waals surface area contributed by atoms with E-state index in [4.69, 9.17) is 4.42 Å². The van der Waals surface area contributed by atoms with Crippen molar-refractivity contribution in [2.75, 3.05) is 6.54 Å². The van der Waals surface area contributed by atoms with Crippen LogP contribution >= 0.6 is 27.3 Å². The Bertz CT molecular complexity index is 690. The van der Waals surface area contributed by atoms with E-state index in [2.05, 4.69) is 57.1 Å². The number of furan rings is 1. The van der Waals surface area contributed by atoms with Crippen molar-refractivity contribution in [3.05, 3.63) is 56.9 Å². The lowest BCUT2D eigenvalue weighted by Gasteiger charge is -2.14. The van der Waals surface area contributed by atoms with Gasteiger partial charge in [-0.2, -0.15) is 11.3 Å². The second kappa shape index (κ2) is 6.12. The molecule has 0 aliphatic carbocycles. The normalized spacial score (nSPS) is 12.9. The maximum Gasteiger partial charge on any atom is 0.148 e. The highest BCUT2D eigenvalue weighted by molar-refractivity contribution is 9.10. The van der Waals surface area contributed by atoms with Gasteiger partial charge in [0, 0.05) is 5.39 Å². The molecule has 1 N–H and O–H groups in total. The van der Waals surface area contributed by atoms with E-state index in [1.165, 1.54) is 5.56 Å². The van der Waals surface area contributed by atoms with Crippen LogP contribution in [0.4, 0.5) is 0 Å². The monoisotopic (exact) mass is 349 g/mol. The molecule has 2 aromatic heterocycles. The first-order valence-electron chi connectivity index (χ1n) is 6.73. The summed E-state index contributed by atoms with van der Waals surface area (Å²) in [6.45, 7) is 3.14. The lowest BCUT2D eigenvalue weighted by Crippen LogP contribution is -2.22. The first kappa shape index (κ1) is 13.9. The summed E-state index contributed by atoms with van der Waals surface area (Å²) >= 11 is 5.26. The minimum Gasteiger partial charge on any atom is -0.458 e. The van der Waals surface area contributed by atoms with Crippen LogP contribution in [-0.2, 0) is 0 Å². The SMILES string of the molecule is CCCNC(c1ccsc1)c1cc2cccc(Br)c2o1. The van der Waals surface area contributed by atoms with Crippen LogP contribution in [0.2, 0.25) is 0 Å². The highest BCUT2D eigenvalue weighted by Gasteiger charge is 2.19. The topological polar surface area (TPSA) is 25.2 Å². The molecule has 0 aliphatic heterocycles. The number of benzene rings is 1. The zero-order valence-corrected chi connectivity index (χ0v) is 13.6. The Labute approximate surface area is 130 Å². The molecule has 2 nitrogen and oxygen atoms in total. The number of hydrogen-bond donors (Lipinski definition) is 1. The third kappa shape index (κ3) is 2.68. The molecule has 4 heteroatoms. The second-order valence-corrected chi connectivity index (χ2v) is 6.39. The van der Waals surface area contributed by atoms with E-state index < -0.39 is 0 Å². The van der Waals surface area contributed by atoms with Crippen LogP contribution in [0.15, 0.2) is 50.0 Å². The van der Waals surface area contributed by atoms with E-state index in [-0.39, 0.29) is 6.04 Å². The maximum absolute atomic E-state index is 6.08. The number of rotatable bonds is 5. The zero-order chi connectivity index (χ0) is 13.9. The van der Waals surface area contributed by atoms with E-state index in [1.807, 2.05) is 12.1 Å². The Kier molecular flexibility index (Phi) is 4.24. The van der Waals surface area contributed by atoms with Crippen LogP contribution in [-0.4, -0.2) is 6.54 Å². The number of halogens is 1. The van der Waals surface area contributed by atoms with Gasteiger partial charge < -0.3 is 9.73 Å². The average Bonchev–Trinajstić information content (AvgIpc) is 3.09. The summed E-state index contributed by atoms with van der Waals surface area (Å²) in [6.07, 6.45) is 1.10. The Morgan fingerprint density at radius 1 is 1.35 bits per heavy atom. The van der Waals surface area contributed by atoms with Crippen LogP contribution in [0.3, 0.4) is 0 Å². The number of thiophene rings is 1. The lowest BCUT2D eigenvalue weighted by molar-refractivity contribution is 0.469. The fourth-order valence-electron chi connectivity index (χ4n) is 2.30. The van der Waals surface area contributed by atoms with Crippen molar-refractivity contribution in [3.63, 3.8) is 0 Å². The summed E-state index contributed by atoms with van der Waals surface area (Å²) in [5.74, 6) is 0.971. The predicted octanol–water partition coefficient (Wildman–Crippen LogP) is 5.35. The molecule has 104 valence electrons. The minimum atomic E-state index is 0.125. The molecule has 0 saturated carbocycles. The summed E-state index contributed by atoms with van der Waals surface area (Å²) < 4.78 is 7.08. The van der Waals surface area contributed by atoms with Crippen LogP contribution < -0.4 is 5.32 Å². The molecule has 1 atom stereocenters. The molecular weight excluding hydrogens is 334 g/mol.